The number of hydrogen-bond acceptors (Lipinski definition) is 6. The van der Waals surface area contributed by atoms with Gasteiger partial charge in [-0.1, -0.05) is 43.3 Å². The third-order valence-electron chi connectivity index (χ3n) is 4.77. The molecule has 0 aliphatic carbocycles. The van der Waals surface area contributed by atoms with Gasteiger partial charge in [0, 0.05) is 5.56 Å². The van der Waals surface area contributed by atoms with E-state index in [-0.39, 0.29) is 16.1 Å². The summed E-state index contributed by atoms with van der Waals surface area (Å²) in [5, 5.41) is 1.11. The van der Waals surface area contributed by atoms with E-state index in [1.807, 2.05) is 38.1 Å². The highest BCUT2D eigenvalue weighted by molar-refractivity contribution is 9.10. The normalized spacial score (nSPS) is 14.7. The van der Waals surface area contributed by atoms with Crippen molar-refractivity contribution in [3.8, 4) is 11.5 Å². The van der Waals surface area contributed by atoms with Crippen molar-refractivity contribution in [2.24, 2.45) is 0 Å². The van der Waals surface area contributed by atoms with E-state index >= 15 is 0 Å². The minimum Gasteiger partial charge on any atom is -0.490 e. The molecule has 1 aliphatic heterocycles. The molecular weight excluding hydrogens is 524 g/mol. The van der Waals surface area contributed by atoms with Crippen LogP contribution in [0, 0.1) is 6.92 Å². The SMILES string of the molecule is CCCCOc1c(Br)cc(/C=C2\SC(=S)N(NC(=O)c3ccccc3C)C2=O)cc1OCC. The van der Waals surface area contributed by atoms with Gasteiger partial charge in [0.2, 0.25) is 0 Å². The van der Waals surface area contributed by atoms with Crippen molar-refractivity contribution in [2.75, 3.05) is 13.2 Å². The Morgan fingerprint density at radius 1 is 1.24 bits per heavy atom. The molecule has 9 heteroatoms. The van der Waals surface area contributed by atoms with Crippen LogP contribution in [-0.2, 0) is 4.79 Å². The van der Waals surface area contributed by atoms with Gasteiger partial charge in [-0.15, -0.1) is 0 Å². The molecule has 0 bridgehead atoms. The summed E-state index contributed by atoms with van der Waals surface area (Å²) < 4.78 is 12.7. The second-order valence-electron chi connectivity index (χ2n) is 7.24. The van der Waals surface area contributed by atoms with Crippen LogP contribution in [0.5, 0.6) is 11.5 Å². The maximum Gasteiger partial charge on any atom is 0.285 e. The van der Waals surface area contributed by atoms with Crippen molar-refractivity contribution >= 4 is 62.1 Å². The Bertz CT molecular complexity index is 1100. The number of ether oxygens (including phenoxy) is 2. The van der Waals surface area contributed by atoms with Crippen LogP contribution in [0.2, 0.25) is 0 Å². The van der Waals surface area contributed by atoms with Crippen molar-refractivity contribution in [2.45, 2.75) is 33.6 Å². The van der Waals surface area contributed by atoms with E-state index in [1.54, 1.807) is 18.2 Å². The fraction of sp³-hybridized carbons (Fsp3) is 0.292. The lowest BCUT2D eigenvalue weighted by atomic mass is 10.1. The molecule has 1 fully saturated rings. The van der Waals surface area contributed by atoms with Crippen LogP contribution in [0.3, 0.4) is 0 Å². The molecule has 0 aromatic heterocycles. The summed E-state index contributed by atoms with van der Waals surface area (Å²) in [6.07, 6.45) is 3.70. The molecule has 6 nitrogen and oxygen atoms in total. The van der Waals surface area contributed by atoms with E-state index in [1.165, 1.54) is 0 Å². The van der Waals surface area contributed by atoms with Crippen LogP contribution in [0.25, 0.3) is 6.08 Å². The molecule has 1 heterocycles. The summed E-state index contributed by atoms with van der Waals surface area (Å²) in [5.74, 6) is 0.461. The first kappa shape index (κ1) is 25.3. The van der Waals surface area contributed by atoms with Crippen molar-refractivity contribution in [1.29, 1.82) is 0 Å². The number of halogens is 1. The van der Waals surface area contributed by atoms with Crippen LogP contribution in [0.4, 0.5) is 0 Å². The van der Waals surface area contributed by atoms with Crippen molar-refractivity contribution < 1.29 is 19.1 Å². The first-order chi connectivity index (χ1) is 15.8. The molecule has 0 spiro atoms. The molecule has 33 heavy (non-hydrogen) atoms. The van der Waals surface area contributed by atoms with Gasteiger partial charge in [-0.05, 0) is 83.8 Å². The molecule has 0 unspecified atom stereocenters. The Labute approximate surface area is 211 Å². The molecular formula is C24H25BrN2O4S2. The number of hydrogen-bond donors (Lipinski definition) is 1. The molecule has 0 radical (unpaired) electrons. The highest BCUT2D eigenvalue weighted by Gasteiger charge is 2.34. The van der Waals surface area contributed by atoms with Crippen LogP contribution in [-0.4, -0.2) is 34.4 Å². The first-order valence-electron chi connectivity index (χ1n) is 10.6. The first-order valence-corrected chi connectivity index (χ1v) is 12.6. The number of rotatable bonds is 9. The highest BCUT2D eigenvalue weighted by Crippen LogP contribution is 2.39. The fourth-order valence-corrected chi connectivity index (χ4v) is 4.85. The second kappa shape index (κ2) is 11.7. The number of benzene rings is 2. The van der Waals surface area contributed by atoms with Crippen molar-refractivity contribution in [3.05, 3.63) is 62.5 Å². The Morgan fingerprint density at radius 2 is 2.00 bits per heavy atom. The predicted molar refractivity (Wildman–Crippen MR) is 139 cm³/mol. The summed E-state index contributed by atoms with van der Waals surface area (Å²) >= 11 is 10.0. The van der Waals surface area contributed by atoms with E-state index in [0.717, 1.165) is 45.2 Å². The van der Waals surface area contributed by atoms with Gasteiger partial charge in [0.1, 0.15) is 0 Å². The number of nitrogens with one attached hydrogen (secondary N) is 1. The average molecular weight is 550 g/mol. The number of carbonyl (C=O) groups is 2. The smallest absolute Gasteiger partial charge is 0.285 e. The van der Waals surface area contributed by atoms with Gasteiger partial charge in [0.25, 0.3) is 11.8 Å². The zero-order valence-corrected chi connectivity index (χ0v) is 21.9. The Hall–Kier alpha value is -2.36. The zero-order chi connectivity index (χ0) is 24.0. The van der Waals surface area contributed by atoms with E-state index < -0.39 is 0 Å². The molecule has 1 aliphatic rings. The van der Waals surface area contributed by atoms with Gasteiger partial charge in [0.15, 0.2) is 15.8 Å². The zero-order valence-electron chi connectivity index (χ0n) is 18.6. The maximum atomic E-state index is 13.0. The number of aryl methyl sites for hydroxylation is 1. The molecule has 1 saturated heterocycles. The van der Waals surface area contributed by atoms with Crippen LogP contribution < -0.4 is 14.9 Å². The molecule has 0 saturated carbocycles. The number of hydrazine groups is 1. The monoisotopic (exact) mass is 548 g/mol. The molecule has 0 atom stereocenters. The van der Waals surface area contributed by atoms with E-state index in [4.69, 9.17) is 21.7 Å². The number of unbranched alkanes of at least 4 members (excludes halogenated alkanes) is 1. The summed E-state index contributed by atoms with van der Waals surface area (Å²) in [7, 11) is 0. The average Bonchev–Trinajstić information content (AvgIpc) is 3.03. The highest BCUT2D eigenvalue weighted by atomic mass is 79.9. The predicted octanol–water partition coefficient (Wildman–Crippen LogP) is 5.88. The third kappa shape index (κ3) is 6.16. The van der Waals surface area contributed by atoms with E-state index in [2.05, 4.69) is 28.3 Å². The minimum absolute atomic E-state index is 0.261. The molecule has 3 rings (SSSR count). The lowest BCUT2D eigenvalue weighted by Crippen LogP contribution is -2.45. The Morgan fingerprint density at radius 3 is 2.70 bits per heavy atom. The van der Waals surface area contributed by atoms with Gasteiger partial charge in [-0.2, -0.15) is 5.01 Å². The van der Waals surface area contributed by atoms with Crippen LogP contribution in [0.15, 0.2) is 45.8 Å². The third-order valence-corrected chi connectivity index (χ3v) is 6.66. The second-order valence-corrected chi connectivity index (χ2v) is 9.77. The summed E-state index contributed by atoms with van der Waals surface area (Å²) in [6.45, 7) is 6.91. The molecule has 1 N–H and O–H groups in total. The van der Waals surface area contributed by atoms with Gasteiger partial charge in [-0.25, -0.2) is 0 Å². The number of nitrogens with zero attached hydrogens (tertiary/aromatic N) is 1. The van der Waals surface area contributed by atoms with E-state index in [0.29, 0.717) is 35.2 Å². The number of amides is 2. The van der Waals surface area contributed by atoms with E-state index in [9.17, 15) is 9.59 Å². The van der Waals surface area contributed by atoms with Gasteiger partial charge >= 0.3 is 0 Å². The number of thioether (sulfide) groups is 1. The van der Waals surface area contributed by atoms with Crippen molar-refractivity contribution in [1.82, 2.24) is 10.4 Å². The quantitative estimate of drug-likeness (QED) is 0.239. The van der Waals surface area contributed by atoms with Crippen LogP contribution >= 0.6 is 39.9 Å². The summed E-state index contributed by atoms with van der Waals surface area (Å²) in [6, 6.07) is 10.9. The minimum atomic E-state index is -0.388. The number of thiocarbonyl (C=S) groups is 1. The standard InChI is InChI=1S/C24H25BrN2O4S2/c1-4-6-11-31-21-18(25)12-16(13-19(21)30-5-2)14-20-23(29)27(24(32)33-20)26-22(28)17-10-8-7-9-15(17)3/h7-10,12-14H,4-6,11H2,1-3H3,(H,26,28)/b20-14-. The lowest BCUT2D eigenvalue weighted by molar-refractivity contribution is -0.123. The summed E-state index contributed by atoms with van der Waals surface area (Å²) in [4.78, 5) is 26.0. The molecule has 174 valence electrons. The fourth-order valence-electron chi connectivity index (χ4n) is 3.10. The Balaban J connectivity index is 1.82. The van der Waals surface area contributed by atoms with Gasteiger partial charge in [-0.3, -0.25) is 15.0 Å². The van der Waals surface area contributed by atoms with Gasteiger partial charge < -0.3 is 9.47 Å². The lowest BCUT2D eigenvalue weighted by Gasteiger charge is -2.16. The molecule has 2 amide bonds. The molecule has 2 aromatic rings. The topological polar surface area (TPSA) is 67.9 Å². The van der Waals surface area contributed by atoms with Crippen LogP contribution in [0.1, 0.15) is 48.2 Å². The largest absolute Gasteiger partial charge is 0.490 e. The van der Waals surface area contributed by atoms with Crippen molar-refractivity contribution in [3.63, 3.8) is 0 Å². The molecule has 2 aromatic carbocycles. The summed E-state index contributed by atoms with van der Waals surface area (Å²) in [5.41, 5.74) is 4.67. The Kier molecular flexibility index (Phi) is 8.94. The number of carbonyl (C=O) groups excluding carboxylic acids is 2. The maximum absolute atomic E-state index is 13.0. The van der Waals surface area contributed by atoms with Gasteiger partial charge in [0.05, 0.1) is 22.6 Å².